The number of hydrogen-bond acceptors (Lipinski definition) is 3. The van der Waals surface area contributed by atoms with Gasteiger partial charge < -0.3 is 5.73 Å². The van der Waals surface area contributed by atoms with Crippen LogP contribution >= 0.6 is 11.6 Å². The molecule has 4 nitrogen and oxygen atoms in total. The monoisotopic (exact) mass is 242 g/mol. The standard InChI is InChI=1S/C11H15ClN2O2/c1-2-8(13)6-7-9-10(12)4-3-5-11(9)14(15)16/h3-5,8H,2,6-7,13H2,1H3. The van der Waals surface area contributed by atoms with Gasteiger partial charge in [-0.1, -0.05) is 24.6 Å². The number of rotatable bonds is 5. The van der Waals surface area contributed by atoms with Crippen LogP contribution in [0.2, 0.25) is 5.02 Å². The van der Waals surface area contributed by atoms with Crippen LogP contribution < -0.4 is 5.73 Å². The summed E-state index contributed by atoms with van der Waals surface area (Å²) in [5.74, 6) is 0. The molecule has 0 radical (unpaired) electrons. The third-order valence-corrected chi connectivity index (χ3v) is 2.93. The van der Waals surface area contributed by atoms with E-state index in [1.54, 1.807) is 12.1 Å². The van der Waals surface area contributed by atoms with Gasteiger partial charge in [0.05, 0.1) is 9.95 Å². The molecule has 0 bridgehead atoms. The van der Waals surface area contributed by atoms with Gasteiger partial charge in [0.25, 0.3) is 5.69 Å². The first-order valence-electron chi connectivity index (χ1n) is 5.23. The summed E-state index contributed by atoms with van der Waals surface area (Å²) in [6.45, 7) is 1.99. The smallest absolute Gasteiger partial charge is 0.274 e. The number of nitrogens with two attached hydrogens (primary N) is 1. The minimum absolute atomic E-state index is 0.0656. The molecule has 0 heterocycles. The molecule has 5 heteroatoms. The molecular weight excluding hydrogens is 228 g/mol. The first-order valence-corrected chi connectivity index (χ1v) is 5.61. The fourth-order valence-corrected chi connectivity index (χ4v) is 1.76. The molecule has 1 atom stereocenters. The van der Waals surface area contributed by atoms with Gasteiger partial charge >= 0.3 is 0 Å². The third-order valence-electron chi connectivity index (χ3n) is 2.58. The molecule has 16 heavy (non-hydrogen) atoms. The van der Waals surface area contributed by atoms with Crippen molar-refractivity contribution in [3.63, 3.8) is 0 Å². The molecule has 1 unspecified atom stereocenters. The Morgan fingerprint density at radius 2 is 2.25 bits per heavy atom. The number of halogens is 1. The molecule has 0 aliphatic heterocycles. The van der Waals surface area contributed by atoms with Crippen molar-refractivity contribution >= 4 is 17.3 Å². The summed E-state index contributed by atoms with van der Waals surface area (Å²) in [5.41, 5.74) is 6.45. The van der Waals surface area contributed by atoms with Crippen molar-refractivity contribution in [2.75, 3.05) is 0 Å². The summed E-state index contributed by atoms with van der Waals surface area (Å²) in [5, 5.41) is 11.2. The fourth-order valence-electron chi connectivity index (χ4n) is 1.50. The van der Waals surface area contributed by atoms with Crippen LogP contribution in [0.15, 0.2) is 18.2 Å². The van der Waals surface area contributed by atoms with Crippen molar-refractivity contribution in [1.82, 2.24) is 0 Å². The van der Waals surface area contributed by atoms with Crippen molar-refractivity contribution in [1.29, 1.82) is 0 Å². The number of benzene rings is 1. The Balaban J connectivity index is 2.88. The zero-order chi connectivity index (χ0) is 12.1. The van der Waals surface area contributed by atoms with Gasteiger partial charge in [-0.3, -0.25) is 10.1 Å². The van der Waals surface area contributed by atoms with Crippen LogP contribution in [-0.2, 0) is 6.42 Å². The van der Waals surface area contributed by atoms with Crippen LogP contribution in [0, 0.1) is 10.1 Å². The first kappa shape index (κ1) is 12.9. The highest BCUT2D eigenvalue weighted by atomic mass is 35.5. The highest BCUT2D eigenvalue weighted by Crippen LogP contribution is 2.27. The molecule has 0 saturated carbocycles. The van der Waals surface area contributed by atoms with Crippen molar-refractivity contribution in [3.8, 4) is 0 Å². The highest BCUT2D eigenvalue weighted by Gasteiger charge is 2.16. The zero-order valence-corrected chi connectivity index (χ0v) is 9.91. The highest BCUT2D eigenvalue weighted by molar-refractivity contribution is 6.31. The van der Waals surface area contributed by atoms with Gasteiger partial charge in [-0.05, 0) is 25.3 Å². The molecule has 2 N–H and O–H groups in total. The molecule has 0 saturated heterocycles. The Morgan fingerprint density at radius 3 is 2.81 bits per heavy atom. The maximum absolute atomic E-state index is 10.8. The second-order valence-corrected chi connectivity index (χ2v) is 4.11. The second-order valence-electron chi connectivity index (χ2n) is 3.70. The van der Waals surface area contributed by atoms with Gasteiger partial charge in [0.2, 0.25) is 0 Å². The van der Waals surface area contributed by atoms with E-state index in [1.807, 2.05) is 6.92 Å². The van der Waals surface area contributed by atoms with Crippen molar-refractivity contribution in [3.05, 3.63) is 38.9 Å². The van der Waals surface area contributed by atoms with Crippen molar-refractivity contribution in [2.45, 2.75) is 32.2 Å². The molecule has 0 fully saturated rings. The third kappa shape index (κ3) is 3.18. The minimum atomic E-state index is -0.404. The summed E-state index contributed by atoms with van der Waals surface area (Å²) in [7, 11) is 0. The lowest BCUT2D eigenvalue weighted by Gasteiger charge is -2.09. The Hall–Kier alpha value is -1.13. The lowest BCUT2D eigenvalue weighted by Crippen LogP contribution is -2.19. The van der Waals surface area contributed by atoms with Crippen LogP contribution in [0.1, 0.15) is 25.3 Å². The molecule has 0 aliphatic carbocycles. The van der Waals surface area contributed by atoms with E-state index in [9.17, 15) is 10.1 Å². The molecule has 1 aromatic rings. The number of nitro benzene ring substituents is 1. The Labute approximate surface area is 99.6 Å². The Morgan fingerprint density at radius 1 is 1.56 bits per heavy atom. The molecule has 1 aromatic carbocycles. The lowest BCUT2D eigenvalue weighted by atomic mass is 10.0. The Bertz CT molecular complexity index is 382. The van der Waals surface area contributed by atoms with Gasteiger partial charge in [-0.15, -0.1) is 0 Å². The molecule has 88 valence electrons. The van der Waals surface area contributed by atoms with Crippen LogP contribution in [0.4, 0.5) is 5.69 Å². The van der Waals surface area contributed by atoms with E-state index in [0.29, 0.717) is 23.4 Å². The summed E-state index contributed by atoms with van der Waals surface area (Å²) in [6.07, 6.45) is 2.12. The summed E-state index contributed by atoms with van der Waals surface area (Å²) < 4.78 is 0. The van der Waals surface area contributed by atoms with Gasteiger partial charge in [0.1, 0.15) is 0 Å². The van der Waals surface area contributed by atoms with E-state index in [4.69, 9.17) is 17.3 Å². The molecule has 0 aliphatic rings. The molecule has 0 amide bonds. The fraction of sp³-hybridized carbons (Fsp3) is 0.455. The van der Waals surface area contributed by atoms with Gasteiger partial charge in [-0.25, -0.2) is 0 Å². The van der Waals surface area contributed by atoms with Crippen molar-refractivity contribution in [2.24, 2.45) is 5.73 Å². The second kappa shape index (κ2) is 5.82. The van der Waals surface area contributed by atoms with E-state index in [1.165, 1.54) is 6.07 Å². The van der Waals surface area contributed by atoms with Crippen LogP contribution in [0.5, 0.6) is 0 Å². The van der Waals surface area contributed by atoms with E-state index in [0.717, 1.165) is 6.42 Å². The number of hydrogen-bond donors (Lipinski definition) is 1. The Kier molecular flexibility index (Phi) is 4.71. The SMILES string of the molecule is CCC(N)CCc1c(Cl)cccc1[N+](=O)[O-]. The van der Waals surface area contributed by atoms with Crippen LogP contribution in [0.3, 0.4) is 0 Å². The van der Waals surface area contributed by atoms with E-state index in [-0.39, 0.29) is 11.7 Å². The average Bonchev–Trinajstić information content (AvgIpc) is 2.26. The molecular formula is C11H15ClN2O2. The average molecular weight is 243 g/mol. The van der Waals surface area contributed by atoms with Gasteiger partial charge in [-0.2, -0.15) is 0 Å². The first-order chi connectivity index (χ1) is 7.56. The normalized spacial score (nSPS) is 12.4. The summed E-state index contributed by atoms with van der Waals surface area (Å²) in [4.78, 5) is 10.4. The predicted molar refractivity (Wildman–Crippen MR) is 64.7 cm³/mol. The predicted octanol–water partition coefficient (Wildman–Crippen LogP) is 2.92. The largest absolute Gasteiger partial charge is 0.328 e. The summed E-state index contributed by atoms with van der Waals surface area (Å²) in [6, 6.07) is 4.79. The quantitative estimate of drug-likeness (QED) is 0.638. The summed E-state index contributed by atoms with van der Waals surface area (Å²) >= 11 is 5.95. The molecule has 1 rings (SSSR count). The maximum atomic E-state index is 10.8. The van der Waals surface area contributed by atoms with Crippen molar-refractivity contribution < 1.29 is 4.92 Å². The van der Waals surface area contributed by atoms with Gasteiger partial charge in [0, 0.05) is 17.7 Å². The molecule has 0 spiro atoms. The van der Waals surface area contributed by atoms with Crippen LogP contribution in [0.25, 0.3) is 0 Å². The number of nitrogens with zero attached hydrogens (tertiary/aromatic N) is 1. The topological polar surface area (TPSA) is 69.2 Å². The van der Waals surface area contributed by atoms with E-state index in [2.05, 4.69) is 0 Å². The minimum Gasteiger partial charge on any atom is -0.328 e. The molecule has 0 aromatic heterocycles. The van der Waals surface area contributed by atoms with E-state index >= 15 is 0 Å². The van der Waals surface area contributed by atoms with Gasteiger partial charge in [0.15, 0.2) is 0 Å². The lowest BCUT2D eigenvalue weighted by molar-refractivity contribution is -0.385. The number of nitro groups is 1. The van der Waals surface area contributed by atoms with Crippen LogP contribution in [-0.4, -0.2) is 11.0 Å². The van der Waals surface area contributed by atoms with E-state index < -0.39 is 4.92 Å². The zero-order valence-electron chi connectivity index (χ0n) is 9.15. The maximum Gasteiger partial charge on any atom is 0.274 e.